The molecule has 128 valence electrons. The van der Waals surface area contributed by atoms with E-state index < -0.39 is 17.8 Å². The summed E-state index contributed by atoms with van der Waals surface area (Å²) in [7, 11) is 1.58. The highest BCUT2D eigenvalue weighted by atomic mass is 19.1. The molecule has 0 aliphatic rings. The van der Waals surface area contributed by atoms with E-state index >= 15 is 0 Å². The standard InChI is InChI=1S/C18H16FN3O3/c1-11(20-17(23)14-5-3-4-6-15(14)19)18-21-16(22-25-18)12-7-9-13(24-2)10-8-12/h3-11H,1-2H3,(H,20,23)/t11-/m1/s1. The molecule has 3 rings (SSSR count). The van der Waals surface area contributed by atoms with E-state index in [2.05, 4.69) is 15.5 Å². The Balaban J connectivity index is 1.73. The van der Waals surface area contributed by atoms with Gasteiger partial charge in [0.2, 0.25) is 11.7 Å². The molecule has 0 aliphatic carbocycles. The quantitative estimate of drug-likeness (QED) is 0.770. The number of carbonyl (C=O) groups is 1. The minimum Gasteiger partial charge on any atom is -0.497 e. The summed E-state index contributed by atoms with van der Waals surface area (Å²) in [5.41, 5.74) is 0.715. The van der Waals surface area contributed by atoms with Crippen molar-refractivity contribution in [2.75, 3.05) is 7.11 Å². The molecule has 0 bridgehead atoms. The minimum atomic E-state index is -0.586. The van der Waals surface area contributed by atoms with Crippen molar-refractivity contribution in [3.63, 3.8) is 0 Å². The van der Waals surface area contributed by atoms with Crippen LogP contribution in [0.15, 0.2) is 53.1 Å². The van der Waals surface area contributed by atoms with Crippen LogP contribution in [0, 0.1) is 5.82 Å². The van der Waals surface area contributed by atoms with E-state index in [0.29, 0.717) is 5.82 Å². The van der Waals surface area contributed by atoms with Crippen molar-refractivity contribution in [2.24, 2.45) is 0 Å². The molecular weight excluding hydrogens is 325 g/mol. The number of hydrogen-bond donors (Lipinski definition) is 1. The number of ether oxygens (including phenoxy) is 1. The molecule has 6 nitrogen and oxygen atoms in total. The van der Waals surface area contributed by atoms with Gasteiger partial charge in [0.05, 0.1) is 12.7 Å². The summed E-state index contributed by atoms with van der Waals surface area (Å²) in [5, 5.41) is 6.55. The van der Waals surface area contributed by atoms with Gasteiger partial charge < -0.3 is 14.6 Å². The lowest BCUT2D eigenvalue weighted by Gasteiger charge is -2.10. The average Bonchev–Trinajstić information content (AvgIpc) is 3.12. The summed E-state index contributed by atoms with van der Waals surface area (Å²) in [6.07, 6.45) is 0. The molecule has 0 saturated carbocycles. The number of methoxy groups -OCH3 is 1. The first kappa shape index (κ1) is 16.6. The number of rotatable bonds is 5. The van der Waals surface area contributed by atoms with Gasteiger partial charge in [0.1, 0.15) is 17.6 Å². The average molecular weight is 341 g/mol. The summed E-state index contributed by atoms with van der Waals surface area (Å²) in [6.45, 7) is 1.68. The van der Waals surface area contributed by atoms with Crippen molar-refractivity contribution in [1.29, 1.82) is 0 Å². The maximum absolute atomic E-state index is 13.7. The van der Waals surface area contributed by atoms with Gasteiger partial charge in [-0.1, -0.05) is 17.3 Å². The fourth-order valence-electron chi connectivity index (χ4n) is 2.25. The summed E-state index contributed by atoms with van der Waals surface area (Å²) < 4.78 is 24.0. The lowest BCUT2D eigenvalue weighted by molar-refractivity contribution is 0.0928. The monoisotopic (exact) mass is 341 g/mol. The second-order valence-corrected chi connectivity index (χ2v) is 5.36. The van der Waals surface area contributed by atoms with Crippen LogP contribution in [0.5, 0.6) is 5.75 Å². The molecule has 7 heteroatoms. The highest BCUT2D eigenvalue weighted by molar-refractivity contribution is 5.94. The Labute approximate surface area is 143 Å². The van der Waals surface area contributed by atoms with Crippen molar-refractivity contribution in [3.05, 3.63) is 65.8 Å². The first-order valence-electron chi connectivity index (χ1n) is 7.62. The summed E-state index contributed by atoms with van der Waals surface area (Å²) in [6, 6.07) is 12.4. The summed E-state index contributed by atoms with van der Waals surface area (Å²) in [5.74, 6) is 0.213. The largest absolute Gasteiger partial charge is 0.497 e. The molecule has 3 aromatic rings. The second-order valence-electron chi connectivity index (χ2n) is 5.36. The van der Waals surface area contributed by atoms with E-state index in [1.165, 1.54) is 18.2 Å². The van der Waals surface area contributed by atoms with Gasteiger partial charge in [-0.15, -0.1) is 0 Å². The molecule has 1 amide bonds. The molecule has 0 unspecified atom stereocenters. The van der Waals surface area contributed by atoms with Gasteiger partial charge in [-0.25, -0.2) is 4.39 Å². The van der Waals surface area contributed by atoms with Crippen molar-refractivity contribution < 1.29 is 18.4 Å². The van der Waals surface area contributed by atoms with Gasteiger partial charge in [0.15, 0.2) is 0 Å². The first-order valence-corrected chi connectivity index (χ1v) is 7.62. The molecule has 25 heavy (non-hydrogen) atoms. The van der Waals surface area contributed by atoms with Crippen molar-refractivity contribution >= 4 is 5.91 Å². The van der Waals surface area contributed by atoms with Gasteiger partial charge in [0, 0.05) is 5.56 Å². The van der Waals surface area contributed by atoms with Crippen molar-refractivity contribution in [3.8, 4) is 17.1 Å². The maximum atomic E-state index is 13.7. The molecule has 0 radical (unpaired) electrons. The number of nitrogens with zero attached hydrogens (tertiary/aromatic N) is 2. The number of amides is 1. The van der Waals surface area contributed by atoms with Gasteiger partial charge >= 0.3 is 0 Å². The lowest BCUT2D eigenvalue weighted by atomic mass is 10.2. The maximum Gasteiger partial charge on any atom is 0.254 e. The molecule has 1 atom stereocenters. The molecule has 1 aromatic heterocycles. The van der Waals surface area contributed by atoms with E-state index in [1.54, 1.807) is 44.4 Å². The van der Waals surface area contributed by atoms with E-state index in [0.717, 1.165) is 11.3 Å². The summed E-state index contributed by atoms with van der Waals surface area (Å²) >= 11 is 0. The van der Waals surface area contributed by atoms with Gasteiger partial charge in [0.25, 0.3) is 5.91 Å². The third-order valence-corrected chi connectivity index (χ3v) is 3.63. The number of benzene rings is 2. The highest BCUT2D eigenvalue weighted by Gasteiger charge is 2.19. The molecule has 0 fully saturated rings. The van der Waals surface area contributed by atoms with Gasteiger partial charge in [-0.2, -0.15) is 4.98 Å². The van der Waals surface area contributed by atoms with E-state index in [1.807, 2.05) is 0 Å². The van der Waals surface area contributed by atoms with Crippen LogP contribution in [0.4, 0.5) is 4.39 Å². The highest BCUT2D eigenvalue weighted by Crippen LogP contribution is 2.21. The van der Waals surface area contributed by atoms with Crippen LogP contribution in [0.3, 0.4) is 0 Å². The fourth-order valence-corrected chi connectivity index (χ4v) is 2.25. The predicted molar refractivity (Wildman–Crippen MR) is 88.6 cm³/mol. The lowest BCUT2D eigenvalue weighted by Crippen LogP contribution is -2.27. The number of carbonyl (C=O) groups excluding carboxylic acids is 1. The van der Waals surface area contributed by atoms with Crippen molar-refractivity contribution in [2.45, 2.75) is 13.0 Å². The third-order valence-electron chi connectivity index (χ3n) is 3.63. The van der Waals surface area contributed by atoms with Crippen LogP contribution in [-0.2, 0) is 0 Å². The van der Waals surface area contributed by atoms with Crippen LogP contribution >= 0.6 is 0 Å². The Morgan fingerprint density at radius 2 is 1.92 bits per heavy atom. The van der Waals surface area contributed by atoms with Crippen molar-refractivity contribution in [1.82, 2.24) is 15.5 Å². The minimum absolute atomic E-state index is 0.0377. The molecule has 0 aliphatic heterocycles. The number of nitrogens with one attached hydrogen (secondary N) is 1. The fraction of sp³-hybridized carbons (Fsp3) is 0.167. The number of halogens is 1. The number of hydrogen-bond acceptors (Lipinski definition) is 5. The van der Waals surface area contributed by atoms with Crippen LogP contribution in [0.1, 0.15) is 29.2 Å². The first-order chi connectivity index (χ1) is 12.1. The summed E-state index contributed by atoms with van der Waals surface area (Å²) in [4.78, 5) is 16.4. The van der Waals surface area contributed by atoms with Crippen LogP contribution in [0.2, 0.25) is 0 Å². The Kier molecular flexibility index (Phi) is 4.74. The zero-order chi connectivity index (χ0) is 17.8. The smallest absolute Gasteiger partial charge is 0.254 e. The zero-order valence-corrected chi connectivity index (χ0v) is 13.7. The van der Waals surface area contributed by atoms with Crippen LogP contribution in [-0.4, -0.2) is 23.2 Å². The van der Waals surface area contributed by atoms with Crippen LogP contribution < -0.4 is 10.1 Å². The zero-order valence-electron chi connectivity index (χ0n) is 13.7. The topological polar surface area (TPSA) is 77.3 Å². The predicted octanol–water partition coefficient (Wildman–Crippen LogP) is 3.38. The molecular formula is C18H16FN3O3. The molecule has 1 N–H and O–H groups in total. The Bertz CT molecular complexity index is 877. The normalized spacial score (nSPS) is 11.8. The Morgan fingerprint density at radius 3 is 2.60 bits per heavy atom. The molecule has 1 heterocycles. The van der Waals surface area contributed by atoms with Crippen LogP contribution in [0.25, 0.3) is 11.4 Å². The SMILES string of the molecule is COc1ccc(-c2noc([C@@H](C)NC(=O)c3ccccc3F)n2)cc1. The second kappa shape index (κ2) is 7.12. The third kappa shape index (κ3) is 3.65. The molecule has 2 aromatic carbocycles. The van der Waals surface area contributed by atoms with Gasteiger partial charge in [-0.3, -0.25) is 4.79 Å². The van der Waals surface area contributed by atoms with E-state index in [-0.39, 0.29) is 11.5 Å². The molecule has 0 spiro atoms. The Hall–Kier alpha value is -3.22. The number of aromatic nitrogens is 2. The van der Waals surface area contributed by atoms with E-state index in [4.69, 9.17) is 9.26 Å². The Morgan fingerprint density at radius 1 is 1.20 bits per heavy atom. The van der Waals surface area contributed by atoms with Gasteiger partial charge in [-0.05, 0) is 43.3 Å². The van der Waals surface area contributed by atoms with E-state index in [9.17, 15) is 9.18 Å². The molecule has 0 saturated heterocycles.